The average Bonchev–Trinajstić information content (AvgIpc) is 2.84. The lowest BCUT2D eigenvalue weighted by Gasteiger charge is -2.16. The molecule has 0 aliphatic rings. The van der Waals surface area contributed by atoms with E-state index in [1.165, 1.54) is 0 Å². The SMILES string of the molecule is Cc1ccc(C(=O)/C(=C(/C(=O)c2ccc(C)cc2)c2ccc(C)cc2)c2ccc(C)cc2)cc1. The van der Waals surface area contributed by atoms with Gasteiger partial charge in [0.1, 0.15) is 0 Å². The Labute approximate surface area is 201 Å². The summed E-state index contributed by atoms with van der Waals surface area (Å²) in [5, 5.41) is 0. The van der Waals surface area contributed by atoms with Crippen LogP contribution in [-0.2, 0) is 0 Å². The van der Waals surface area contributed by atoms with E-state index in [0.29, 0.717) is 22.3 Å². The van der Waals surface area contributed by atoms with Crippen LogP contribution >= 0.6 is 0 Å². The molecule has 0 atom stereocenters. The molecule has 0 radical (unpaired) electrons. The third-order valence-corrected chi connectivity index (χ3v) is 6.01. The molecule has 0 heterocycles. The molecule has 0 unspecified atom stereocenters. The van der Waals surface area contributed by atoms with Crippen LogP contribution < -0.4 is 0 Å². The first kappa shape index (κ1) is 23.1. The van der Waals surface area contributed by atoms with Crippen LogP contribution in [0.1, 0.15) is 54.1 Å². The highest BCUT2D eigenvalue weighted by atomic mass is 16.1. The van der Waals surface area contributed by atoms with Gasteiger partial charge in [-0.1, -0.05) is 119 Å². The van der Waals surface area contributed by atoms with Gasteiger partial charge >= 0.3 is 0 Å². The fourth-order valence-corrected chi connectivity index (χ4v) is 3.92. The summed E-state index contributed by atoms with van der Waals surface area (Å²) in [6.07, 6.45) is 0. The zero-order valence-electron chi connectivity index (χ0n) is 20.1. The van der Waals surface area contributed by atoms with E-state index in [1.54, 1.807) is 0 Å². The predicted molar refractivity (Wildman–Crippen MR) is 140 cm³/mol. The van der Waals surface area contributed by atoms with Crippen LogP contribution in [-0.4, -0.2) is 11.6 Å². The highest BCUT2D eigenvalue weighted by Gasteiger charge is 2.26. The first-order valence-electron chi connectivity index (χ1n) is 11.4. The van der Waals surface area contributed by atoms with Gasteiger partial charge in [0.2, 0.25) is 0 Å². The number of rotatable bonds is 6. The van der Waals surface area contributed by atoms with Gasteiger partial charge in [0.15, 0.2) is 11.6 Å². The zero-order valence-corrected chi connectivity index (χ0v) is 20.1. The molecule has 168 valence electrons. The number of carbonyl (C=O) groups is 2. The van der Waals surface area contributed by atoms with Gasteiger partial charge in [-0.3, -0.25) is 9.59 Å². The molecule has 0 N–H and O–H groups in total. The standard InChI is InChI=1S/C32H28O2/c1-21-5-13-25(14-6-21)29(31(33)27-17-9-23(3)10-18-27)30(26-15-7-22(2)8-16-26)32(34)28-19-11-24(4)12-20-28/h5-20H,1-4H3/b30-29+. The summed E-state index contributed by atoms with van der Waals surface area (Å²) < 4.78 is 0. The van der Waals surface area contributed by atoms with Crippen LogP contribution in [0.4, 0.5) is 0 Å². The summed E-state index contributed by atoms with van der Waals surface area (Å²) in [6, 6.07) is 30.6. The number of ketones is 2. The number of benzene rings is 4. The van der Waals surface area contributed by atoms with Crippen molar-refractivity contribution in [3.8, 4) is 0 Å². The summed E-state index contributed by atoms with van der Waals surface area (Å²) >= 11 is 0. The van der Waals surface area contributed by atoms with Gasteiger partial charge in [-0.05, 0) is 38.8 Å². The second kappa shape index (κ2) is 9.84. The second-order valence-electron chi connectivity index (χ2n) is 8.87. The van der Waals surface area contributed by atoms with Crippen LogP contribution in [0.5, 0.6) is 0 Å². The minimum Gasteiger partial charge on any atom is -0.289 e. The third-order valence-electron chi connectivity index (χ3n) is 6.01. The van der Waals surface area contributed by atoms with Crippen molar-refractivity contribution in [2.24, 2.45) is 0 Å². The number of hydrogen-bond donors (Lipinski definition) is 0. The summed E-state index contributed by atoms with van der Waals surface area (Å²) in [6.45, 7) is 7.99. The Morgan fingerprint density at radius 2 is 0.559 bits per heavy atom. The van der Waals surface area contributed by atoms with Crippen molar-refractivity contribution in [1.82, 2.24) is 0 Å². The van der Waals surface area contributed by atoms with E-state index in [4.69, 9.17) is 0 Å². The fraction of sp³-hybridized carbons (Fsp3) is 0.125. The Bertz CT molecular complexity index is 1240. The lowest BCUT2D eigenvalue weighted by molar-refractivity contribution is 0.103. The molecule has 0 aliphatic carbocycles. The quantitative estimate of drug-likeness (QED) is 0.174. The molecule has 0 spiro atoms. The number of carbonyl (C=O) groups excluding carboxylic acids is 2. The molecule has 0 saturated heterocycles. The zero-order chi connectivity index (χ0) is 24.2. The number of hydrogen-bond acceptors (Lipinski definition) is 2. The van der Waals surface area contributed by atoms with E-state index in [9.17, 15) is 9.59 Å². The molecule has 2 nitrogen and oxygen atoms in total. The predicted octanol–water partition coefficient (Wildman–Crippen LogP) is 7.60. The van der Waals surface area contributed by atoms with Crippen molar-refractivity contribution in [3.63, 3.8) is 0 Å². The molecule has 4 aromatic carbocycles. The summed E-state index contributed by atoms with van der Waals surface area (Å²) in [5.41, 5.74) is 7.74. The van der Waals surface area contributed by atoms with E-state index >= 15 is 0 Å². The molecule has 4 aromatic rings. The highest BCUT2D eigenvalue weighted by Crippen LogP contribution is 2.33. The highest BCUT2D eigenvalue weighted by molar-refractivity contribution is 6.46. The van der Waals surface area contributed by atoms with Crippen molar-refractivity contribution in [1.29, 1.82) is 0 Å². The van der Waals surface area contributed by atoms with Gasteiger partial charge < -0.3 is 0 Å². The summed E-state index contributed by atoms with van der Waals surface area (Å²) in [7, 11) is 0. The molecular weight excluding hydrogens is 416 g/mol. The van der Waals surface area contributed by atoms with Crippen LogP contribution in [0.3, 0.4) is 0 Å². The van der Waals surface area contributed by atoms with E-state index in [1.807, 2.05) is 125 Å². The minimum atomic E-state index is -0.167. The van der Waals surface area contributed by atoms with Gasteiger partial charge in [0.05, 0.1) is 0 Å². The maximum Gasteiger partial charge on any atom is 0.194 e. The van der Waals surface area contributed by atoms with Crippen molar-refractivity contribution in [3.05, 3.63) is 142 Å². The molecule has 0 bridgehead atoms. The van der Waals surface area contributed by atoms with Crippen molar-refractivity contribution in [2.75, 3.05) is 0 Å². The van der Waals surface area contributed by atoms with Gasteiger partial charge in [-0.25, -0.2) is 0 Å². The molecule has 0 aliphatic heterocycles. The Balaban J connectivity index is 2.03. The topological polar surface area (TPSA) is 34.1 Å². The molecule has 34 heavy (non-hydrogen) atoms. The molecule has 0 fully saturated rings. The van der Waals surface area contributed by atoms with Crippen molar-refractivity contribution < 1.29 is 9.59 Å². The maximum absolute atomic E-state index is 14.0. The lowest BCUT2D eigenvalue weighted by Crippen LogP contribution is -2.12. The Morgan fingerprint density at radius 1 is 0.353 bits per heavy atom. The van der Waals surface area contributed by atoms with E-state index < -0.39 is 0 Å². The molecule has 0 saturated carbocycles. The van der Waals surface area contributed by atoms with E-state index in [-0.39, 0.29) is 11.6 Å². The molecule has 0 aromatic heterocycles. The smallest absolute Gasteiger partial charge is 0.194 e. The monoisotopic (exact) mass is 444 g/mol. The lowest BCUT2D eigenvalue weighted by atomic mass is 9.84. The van der Waals surface area contributed by atoms with Crippen LogP contribution in [0.25, 0.3) is 11.1 Å². The molecule has 0 amide bonds. The molecular formula is C32H28O2. The van der Waals surface area contributed by atoms with Crippen LogP contribution in [0.15, 0.2) is 97.1 Å². The van der Waals surface area contributed by atoms with Gasteiger partial charge in [0.25, 0.3) is 0 Å². The number of allylic oxidation sites excluding steroid dienone is 2. The second-order valence-corrected chi connectivity index (χ2v) is 8.87. The molecule has 2 heteroatoms. The summed E-state index contributed by atoms with van der Waals surface area (Å²) in [5.74, 6) is -0.334. The Hall–Kier alpha value is -4.04. The Morgan fingerprint density at radius 3 is 0.794 bits per heavy atom. The normalized spacial score (nSPS) is 11.6. The number of Topliss-reactive ketones (excluding diaryl/α,β-unsaturated/α-hetero) is 2. The largest absolute Gasteiger partial charge is 0.289 e. The minimum absolute atomic E-state index is 0.167. The van der Waals surface area contributed by atoms with E-state index in [0.717, 1.165) is 33.4 Å². The fourth-order valence-electron chi connectivity index (χ4n) is 3.92. The van der Waals surface area contributed by atoms with Gasteiger partial charge in [-0.15, -0.1) is 0 Å². The first-order chi connectivity index (χ1) is 16.3. The van der Waals surface area contributed by atoms with Gasteiger partial charge in [-0.2, -0.15) is 0 Å². The molecule has 4 rings (SSSR count). The summed E-state index contributed by atoms with van der Waals surface area (Å²) in [4.78, 5) is 28.0. The van der Waals surface area contributed by atoms with Crippen LogP contribution in [0, 0.1) is 27.7 Å². The maximum atomic E-state index is 14.0. The van der Waals surface area contributed by atoms with E-state index in [2.05, 4.69) is 0 Å². The Kier molecular flexibility index (Phi) is 6.70. The van der Waals surface area contributed by atoms with Crippen molar-refractivity contribution >= 4 is 22.7 Å². The number of aryl methyl sites for hydroxylation is 4. The van der Waals surface area contributed by atoms with Gasteiger partial charge in [0, 0.05) is 22.3 Å². The van der Waals surface area contributed by atoms with Crippen LogP contribution in [0.2, 0.25) is 0 Å². The first-order valence-corrected chi connectivity index (χ1v) is 11.4. The third kappa shape index (κ3) is 4.97. The average molecular weight is 445 g/mol. The van der Waals surface area contributed by atoms with Crippen molar-refractivity contribution in [2.45, 2.75) is 27.7 Å².